The molecule has 0 aromatic rings. The SMILES string of the molecule is COC(=O)[C@@H]1[C@H]2CCCCN2O[C@H]1C(C)=O. The second-order valence-corrected chi connectivity index (χ2v) is 4.39. The quantitative estimate of drug-likeness (QED) is 0.644. The molecule has 0 N–H and O–H groups in total. The standard InChI is InChI=1S/C11H17NO4/c1-7(13)10-9(11(14)15-2)8-5-3-4-6-12(8)16-10/h8-10H,3-6H2,1-2H3/t8-,9-,10+/m1/s1. The number of piperidine rings is 1. The number of rotatable bonds is 2. The maximum absolute atomic E-state index is 11.7. The highest BCUT2D eigenvalue weighted by Crippen LogP contribution is 2.35. The first kappa shape index (κ1) is 11.5. The van der Waals surface area contributed by atoms with Gasteiger partial charge >= 0.3 is 5.97 Å². The van der Waals surface area contributed by atoms with Gasteiger partial charge in [-0.2, -0.15) is 5.06 Å². The number of ketones is 1. The van der Waals surface area contributed by atoms with E-state index in [1.54, 1.807) is 5.06 Å². The van der Waals surface area contributed by atoms with Gasteiger partial charge in [0.2, 0.25) is 0 Å². The highest BCUT2D eigenvalue weighted by atomic mass is 16.7. The number of methoxy groups -OCH3 is 1. The van der Waals surface area contributed by atoms with Crippen LogP contribution in [0.3, 0.4) is 0 Å². The lowest BCUT2D eigenvalue weighted by molar-refractivity contribution is -0.178. The van der Waals surface area contributed by atoms with Gasteiger partial charge < -0.3 is 4.74 Å². The van der Waals surface area contributed by atoms with Gasteiger partial charge in [0.1, 0.15) is 5.92 Å². The van der Waals surface area contributed by atoms with Gasteiger partial charge in [0.15, 0.2) is 11.9 Å². The van der Waals surface area contributed by atoms with Crippen molar-refractivity contribution in [3.63, 3.8) is 0 Å². The fourth-order valence-electron chi connectivity index (χ4n) is 2.58. The Morgan fingerprint density at radius 3 is 2.75 bits per heavy atom. The van der Waals surface area contributed by atoms with Crippen LogP contribution in [0.2, 0.25) is 0 Å². The van der Waals surface area contributed by atoms with E-state index < -0.39 is 12.0 Å². The fraction of sp³-hybridized carbons (Fsp3) is 0.818. The first-order valence-electron chi connectivity index (χ1n) is 5.67. The topological polar surface area (TPSA) is 55.8 Å². The molecule has 5 nitrogen and oxygen atoms in total. The Morgan fingerprint density at radius 1 is 1.38 bits per heavy atom. The van der Waals surface area contributed by atoms with Crippen LogP contribution in [0.4, 0.5) is 0 Å². The number of carbonyl (C=O) groups is 2. The third kappa shape index (κ3) is 1.85. The number of Topliss-reactive ketones (excluding diaryl/α,β-unsaturated/α-hetero) is 1. The molecule has 0 aliphatic carbocycles. The van der Waals surface area contributed by atoms with Crippen LogP contribution in [0.5, 0.6) is 0 Å². The van der Waals surface area contributed by atoms with Crippen LogP contribution >= 0.6 is 0 Å². The second-order valence-electron chi connectivity index (χ2n) is 4.39. The fourth-order valence-corrected chi connectivity index (χ4v) is 2.58. The summed E-state index contributed by atoms with van der Waals surface area (Å²) >= 11 is 0. The van der Waals surface area contributed by atoms with Crippen LogP contribution in [0.25, 0.3) is 0 Å². The summed E-state index contributed by atoms with van der Waals surface area (Å²) in [5, 5.41) is 1.79. The number of carbonyl (C=O) groups excluding carboxylic acids is 2. The van der Waals surface area contributed by atoms with Gasteiger partial charge in [-0.05, 0) is 19.8 Å². The largest absolute Gasteiger partial charge is 0.469 e. The van der Waals surface area contributed by atoms with E-state index in [9.17, 15) is 9.59 Å². The predicted molar refractivity (Wildman–Crippen MR) is 55.4 cm³/mol. The van der Waals surface area contributed by atoms with Gasteiger partial charge in [0.05, 0.1) is 13.2 Å². The van der Waals surface area contributed by atoms with Gasteiger partial charge in [0, 0.05) is 6.54 Å². The van der Waals surface area contributed by atoms with Crippen molar-refractivity contribution in [2.24, 2.45) is 5.92 Å². The number of ether oxygens (including phenoxy) is 1. The first-order valence-corrected chi connectivity index (χ1v) is 5.67. The van der Waals surface area contributed by atoms with Crippen molar-refractivity contribution in [3.8, 4) is 0 Å². The smallest absolute Gasteiger partial charge is 0.313 e. The van der Waals surface area contributed by atoms with Crippen LogP contribution < -0.4 is 0 Å². The zero-order valence-electron chi connectivity index (χ0n) is 9.64. The summed E-state index contributed by atoms with van der Waals surface area (Å²) in [7, 11) is 1.35. The maximum Gasteiger partial charge on any atom is 0.313 e. The number of hydrogen-bond donors (Lipinski definition) is 0. The van der Waals surface area contributed by atoms with Gasteiger partial charge in [-0.25, -0.2) is 0 Å². The van der Waals surface area contributed by atoms with Crippen LogP contribution in [-0.2, 0) is 19.2 Å². The molecule has 3 atom stereocenters. The van der Waals surface area contributed by atoms with E-state index in [1.165, 1.54) is 14.0 Å². The van der Waals surface area contributed by atoms with Crippen LogP contribution in [-0.4, -0.2) is 42.6 Å². The molecule has 2 saturated heterocycles. The van der Waals surface area contributed by atoms with Crippen molar-refractivity contribution in [1.29, 1.82) is 0 Å². The Kier molecular flexibility index (Phi) is 3.25. The van der Waals surface area contributed by atoms with Gasteiger partial charge in [-0.1, -0.05) is 6.42 Å². The third-order valence-electron chi connectivity index (χ3n) is 3.36. The molecule has 0 radical (unpaired) electrons. The molecule has 2 fully saturated rings. The monoisotopic (exact) mass is 227 g/mol. The Hall–Kier alpha value is -0.940. The predicted octanol–water partition coefficient (Wildman–Crippen LogP) is 0.533. The number of hydrogen-bond acceptors (Lipinski definition) is 5. The Balaban J connectivity index is 2.20. The van der Waals surface area contributed by atoms with Gasteiger partial charge in [-0.3, -0.25) is 14.4 Å². The number of hydroxylamine groups is 2. The number of nitrogens with zero attached hydrogens (tertiary/aromatic N) is 1. The molecular weight excluding hydrogens is 210 g/mol. The molecule has 0 aromatic heterocycles. The van der Waals surface area contributed by atoms with Crippen molar-refractivity contribution < 1.29 is 19.2 Å². The molecule has 2 heterocycles. The van der Waals surface area contributed by atoms with E-state index in [-0.39, 0.29) is 17.8 Å². The van der Waals surface area contributed by atoms with Crippen LogP contribution in [0.1, 0.15) is 26.2 Å². The average molecular weight is 227 g/mol. The van der Waals surface area contributed by atoms with E-state index in [0.717, 1.165) is 25.8 Å². The Labute approximate surface area is 94.6 Å². The summed E-state index contributed by atoms with van der Waals surface area (Å²) in [5.74, 6) is -0.901. The van der Waals surface area contributed by atoms with E-state index in [1.807, 2.05) is 0 Å². The summed E-state index contributed by atoms with van der Waals surface area (Å²) in [5.41, 5.74) is 0. The molecule has 5 heteroatoms. The minimum Gasteiger partial charge on any atom is -0.469 e. The Morgan fingerprint density at radius 2 is 2.12 bits per heavy atom. The average Bonchev–Trinajstić information content (AvgIpc) is 2.67. The molecule has 0 unspecified atom stereocenters. The maximum atomic E-state index is 11.7. The lowest BCUT2D eigenvalue weighted by Crippen LogP contribution is -2.40. The summed E-state index contributed by atoms with van der Waals surface area (Å²) < 4.78 is 4.77. The minimum absolute atomic E-state index is 0.00935. The first-order chi connectivity index (χ1) is 7.65. The van der Waals surface area contributed by atoms with Crippen molar-refractivity contribution in [2.75, 3.05) is 13.7 Å². The third-order valence-corrected chi connectivity index (χ3v) is 3.36. The van der Waals surface area contributed by atoms with E-state index in [0.29, 0.717) is 0 Å². The van der Waals surface area contributed by atoms with Crippen molar-refractivity contribution in [3.05, 3.63) is 0 Å². The molecule has 0 saturated carbocycles. The lowest BCUT2D eigenvalue weighted by Gasteiger charge is -2.28. The zero-order valence-corrected chi connectivity index (χ0v) is 9.64. The summed E-state index contributed by atoms with van der Waals surface area (Å²) in [6, 6.07) is 0.00935. The zero-order chi connectivity index (χ0) is 11.7. The summed E-state index contributed by atoms with van der Waals surface area (Å²) in [4.78, 5) is 28.7. The second kappa shape index (κ2) is 4.51. The van der Waals surface area contributed by atoms with Gasteiger partial charge in [-0.15, -0.1) is 0 Å². The number of fused-ring (bicyclic) bond motifs is 1. The molecule has 2 rings (SSSR count). The van der Waals surface area contributed by atoms with Crippen molar-refractivity contribution in [1.82, 2.24) is 5.06 Å². The van der Waals surface area contributed by atoms with Crippen molar-refractivity contribution >= 4 is 11.8 Å². The highest BCUT2D eigenvalue weighted by molar-refractivity contribution is 5.88. The molecular formula is C11H17NO4. The van der Waals surface area contributed by atoms with Crippen LogP contribution in [0, 0.1) is 5.92 Å². The highest BCUT2D eigenvalue weighted by Gasteiger charge is 2.50. The minimum atomic E-state index is -0.657. The molecule has 0 amide bonds. The summed E-state index contributed by atoms with van der Waals surface area (Å²) in [6.45, 7) is 2.25. The van der Waals surface area contributed by atoms with E-state index >= 15 is 0 Å². The molecule has 16 heavy (non-hydrogen) atoms. The normalized spacial score (nSPS) is 34.5. The van der Waals surface area contributed by atoms with Crippen molar-refractivity contribution in [2.45, 2.75) is 38.3 Å². The molecule has 2 aliphatic rings. The van der Waals surface area contributed by atoms with Gasteiger partial charge in [0.25, 0.3) is 0 Å². The number of esters is 1. The molecule has 90 valence electrons. The van der Waals surface area contributed by atoms with Crippen LogP contribution in [0.15, 0.2) is 0 Å². The lowest BCUT2D eigenvalue weighted by atomic mass is 9.88. The van der Waals surface area contributed by atoms with E-state index in [4.69, 9.17) is 9.57 Å². The molecule has 0 aromatic carbocycles. The summed E-state index contributed by atoms with van der Waals surface area (Å²) in [6.07, 6.45) is 2.36. The molecule has 0 bridgehead atoms. The van der Waals surface area contributed by atoms with E-state index in [2.05, 4.69) is 0 Å². The molecule has 0 spiro atoms. The molecule has 2 aliphatic heterocycles. The Bertz CT molecular complexity index is 304.